The summed E-state index contributed by atoms with van der Waals surface area (Å²) in [6.45, 7) is 5.78. The van der Waals surface area contributed by atoms with Crippen LogP contribution >= 0.6 is 0 Å². The summed E-state index contributed by atoms with van der Waals surface area (Å²) in [4.78, 5) is 30.6. The monoisotopic (exact) mass is 410 g/mol. The lowest BCUT2D eigenvalue weighted by Gasteiger charge is -2.15. The summed E-state index contributed by atoms with van der Waals surface area (Å²) in [7, 11) is 0. The van der Waals surface area contributed by atoms with E-state index in [1.807, 2.05) is 31.2 Å². The Morgan fingerprint density at radius 3 is 2.43 bits per heavy atom. The molecule has 0 aliphatic carbocycles. The first kappa shape index (κ1) is 19.8. The zero-order chi connectivity index (χ0) is 21.6. The number of benzene rings is 2. The molecule has 0 bridgehead atoms. The van der Waals surface area contributed by atoms with Gasteiger partial charge in [-0.15, -0.1) is 0 Å². The van der Waals surface area contributed by atoms with Crippen molar-refractivity contribution in [3.05, 3.63) is 92.4 Å². The van der Waals surface area contributed by atoms with Gasteiger partial charge in [0.25, 0.3) is 5.56 Å². The normalized spacial score (nSPS) is 11.5. The average molecular weight is 410 g/mol. The van der Waals surface area contributed by atoms with Crippen LogP contribution < -0.4 is 11.2 Å². The van der Waals surface area contributed by atoms with E-state index in [2.05, 4.69) is 4.98 Å². The fourth-order valence-corrected chi connectivity index (χ4v) is 3.56. The Hall–Kier alpha value is -3.55. The molecule has 2 aromatic carbocycles. The van der Waals surface area contributed by atoms with Gasteiger partial charge in [-0.3, -0.25) is 9.36 Å². The van der Waals surface area contributed by atoms with Gasteiger partial charge in [0, 0.05) is 18.7 Å². The first-order valence-electron chi connectivity index (χ1n) is 9.52. The number of imidazole rings is 1. The van der Waals surface area contributed by atoms with E-state index in [0.29, 0.717) is 6.54 Å². The third-order valence-electron chi connectivity index (χ3n) is 5.13. The number of halogens is 2. The van der Waals surface area contributed by atoms with Gasteiger partial charge in [0.05, 0.1) is 12.0 Å². The summed E-state index contributed by atoms with van der Waals surface area (Å²) < 4.78 is 31.3. The molecule has 0 aliphatic heterocycles. The van der Waals surface area contributed by atoms with Gasteiger partial charge in [-0.2, -0.15) is 0 Å². The van der Waals surface area contributed by atoms with E-state index in [9.17, 15) is 18.4 Å². The summed E-state index contributed by atoms with van der Waals surface area (Å²) in [6.07, 6.45) is 1.49. The van der Waals surface area contributed by atoms with Crippen LogP contribution in [0.5, 0.6) is 0 Å². The van der Waals surface area contributed by atoms with E-state index < -0.39 is 28.9 Å². The maximum absolute atomic E-state index is 13.9. The van der Waals surface area contributed by atoms with E-state index in [-0.39, 0.29) is 16.9 Å². The molecule has 0 saturated heterocycles. The van der Waals surface area contributed by atoms with E-state index in [4.69, 9.17) is 0 Å². The largest absolute Gasteiger partial charge is 0.337 e. The van der Waals surface area contributed by atoms with Crippen LogP contribution in [0, 0.1) is 18.6 Å². The smallest absolute Gasteiger partial charge is 0.320 e. The van der Waals surface area contributed by atoms with Crippen molar-refractivity contribution in [2.75, 3.05) is 0 Å². The van der Waals surface area contributed by atoms with Crippen LogP contribution in [0.2, 0.25) is 0 Å². The van der Waals surface area contributed by atoms with Crippen LogP contribution in [0.4, 0.5) is 8.78 Å². The highest BCUT2D eigenvalue weighted by Crippen LogP contribution is 2.18. The van der Waals surface area contributed by atoms with Crippen molar-refractivity contribution in [2.24, 2.45) is 0 Å². The van der Waals surface area contributed by atoms with Crippen molar-refractivity contribution in [3.8, 4) is 5.69 Å². The van der Waals surface area contributed by atoms with Gasteiger partial charge in [-0.1, -0.05) is 24.3 Å². The van der Waals surface area contributed by atoms with Crippen molar-refractivity contribution < 1.29 is 8.78 Å². The van der Waals surface area contributed by atoms with Gasteiger partial charge in [-0.05, 0) is 44.0 Å². The van der Waals surface area contributed by atoms with Crippen molar-refractivity contribution >= 4 is 11.2 Å². The number of hydrogen-bond donors (Lipinski definition) is 0. The highest BCUT2D eigenvalue weighted by Gasteiger charge is 2.21. The molecule has 0 unspecified atom stereocenters. The Morgan fingerprint density at radius 2 is 1.77 bits per heavy atom. The minimum atomic E-state index is -1.09. The molecule has 0 saturated carbocycles. The molecule has 4 rings (SSSR count). The van der Waals surface area contributed by atoms with Gasteiger partial charge in [-0.25, -0.2) is 23.1 Å². The molecule has 0 N–H and O–H groups in total. The topological polar surface area (TPSA) is 61.8 Å². The summed E-state index contributed by atoms with van der Waals surface area (Å²) in [6, 6.07) is 10.5. The lowest BCUT2D eigenvalue weighted by molar-refractivity contribution is 0.506. The summed E-state index contributed by atoms with van der Waals surface area (Å²) in [5, 5.41) is 0. The highest BCUT2D eigenvalue weighted by molar-refractivity contribution is 5.72. The second-order valence-electron chi connectivity index (χ2n) is 7.46. The zero-order valence-corrected chi connectivity index (χ0v) is 16.8. The Kier molecular flexibility index (Phi) is 4.85. The second kappa shape index (κ2) is 7.37. The van der Waals surface area contributed by atoms with Crippen LogP contribution in [-0.4, -0.2) is 18.7 Å². The number of nitrogens with zero attached hydrogens (tertiary/aromatic N) is 4. The standard InChI is InChI=1S/C22H20F2N4O2/c1-13(2)27-21(29)19-20(25-12-26(19)11-15-7-5-4-6-14(15)3)28(22(27)30)16-8-9-17(23)18(24)10-16/h4-10,12-13H,11H2,1-3H3. The number of rotatable bonds is 4. The minimum absolute atomic E-state index is 0.0967. The molecule has 6 nitrogen and oxygen atoms in total. The molecule has 0 atom stereocenters. The lowest BCUT2D eigenvalue weighted by atomic mass is 10.1. The number of fused-ring (bicyclic) bond motifs is 1. The van der Waals surface area contributed by atoms with Crippen molar-refractivity contribution in [3.63, 3.8) is 0 Å². The SMILES string of the molecule is Cc1ccccc1Cn1cnc2c1c(=O)n(C(C)C)c(=O)n2-c1ccc(F)c(F)c1. The fourth-order valence-electron chi connectivity index (χ4n) is 3.56. The van der Waals surface area contributed by atoms with Crippen LogP contribution in [0.15, 0.2) is 58.4 Å². The zero-order valence-electron chi connectivity index (χ0n) is 16.8. The van der Waals surface area contributed by atoms with E-state index in [1.165, 1.54) is 12.4 Å². The lowest BCUT2D eigenvalue weighted by Crippen LogP contribution is -2.41. The Morgan fingerprint density at radius 1 is 1.03 bits per heavy atom. The van der Waals surface area contributed by atoms with Gasteiger partial charge >= 0.3 is 5.69 Å². The fraction of sp³-hybridized carbons (Fsp3) is 0.227. The van der Waals surface area contributed by atoms with Crippen LogP contribution in [-0.2, 0) is 6.54 Å². The third kappa shape index (κ3) is 3.14. The highest BCUT2D eigenvalue weighted by atomic mass is 19.2. The number of aromatic nitrogens is 4. The molecule has 4 aromatic rings. The molecule has 0 amide bonds. The van der Waals surface area contributed by atoms with Gasteiger partial charge in [0.15, 0.2) is 22.8 Å². The molecule has 154 valence electrons. The predicted octanol–water partition coefficient (Wildman–Crippen LogP) is 3.56. The van der Waals surface area contributed by atoms with Gasteiger partial charge in [0.1, 0.15) is 0 Å². The summed E-state index contributed by atoms with van der Waals surface area (Å²) >= 11 is 0. The first-order chi connectivity index (χ1) is 14.3. The molecule has 8 heteroatoms. The first-order valence-corrected chi connectivity index (χ1v) is 9.52. The van der Waals surface area contributed by atoms with E-state index in [1.54, 1.807) is 18.4 Å². The van der Waals surface area contributed by atoms with Crippen molar-refractivity contribution in [1.82, 2.24) is 18.7 Å². The maximum Gasteiger partial charge on any atom is 0.337 e. The quantitative estimate of drug-likeness (QED) is 0.517. The van der Waals surface area contributed by atoms with Gasteiger partial charge in [0.2, 0.25) is 0 Å². The van der Waals surface area contributed by atoms with Crippen LogP contribution in [0.25, 0.3) is 16.9 Å². The molecule has 0 spiro atoms. The number of aryl methyl sites for hydroxylation is 1. The predicted molar refractivity (Wildman–Crippen MR) is 110 cm³/mol. The summed E-state index contributed by atoms with van der Waals surface area (Å²) in [5.41, 5.74) is 1.33. The summed E-state index contributed by atoms with van der Waals surface area (Å²) in [5.74, 6) is -2.11. The molecule has 0 aliphatic rings. The van der Waals surface area contributed by atoms with E-state index >= 15 is 0 Å². The molecular formula is C22H20F2N4O2. The maximum atomic E-state index is 13.9. The van der Waals surface area contributed by atoms with Crippen LogP contribution in [0.3, 0.4) is 0 Å². The molecule has 0 radical (unpaired) electrons. The number of hydrogen-bond acceptors (Lipinski definition) is 3. The molecule has 0 fully saturated rings. The van der Waals surface area contributed by atoms with Crippen LogP contribution in [0.1, 0.15) is 31.0 Å². The molecule has 2 aromatic heterocycles. The van der Waals surface area contributed by atoms with Crippen molar-refractivity contribution in [1.29, 1.82) is 0 Å². The average Bonchev–Trinajstić information content (AvgIpc) is 3.10. The Bertz CT molecular complexity index is 1380. The Balaban J connectivity index is 2.04. The van der Waals surface area contributed by atoms with Gasteiger partial charge < -0.3 is 4.57 Å². The molecule has 2 heterocycles. The van der Waals surface area contributed by atoms with Crippen molar-refractivity contribution in [2.45, 2.75) is 33.4 Å². The van der Waals surface area contributed by atoms with E-state index in [0.717, 1.165) is 32.4 Å². The second-order valence-corrected chi connectivity index (χ2v) is 7.46. The third-order valence-corrected chi connectivity index (χ3v) is 5.13. The Labute approximate surface area is 170 Å². The molecule has 30 heavy (non-hydrogen) atoms. The minimum Gasteiger partial charge on any atom is -0.320 e. The molecular weight excluding hydrogens is 390 g/mol.